The first-order chi connectivity index (χ1) is 7.61. The number of carbonyl (C=O) groups excluding carboxylic acids is 1. The Labute approximate surface area is 99.1 Å². The average Bonchev–Trinajstić information content (AvgIpc) is 2.25. The molecule has 0 saturated carbocycles. The van der Waals surface area contributed by atoms with Crippen molar-refractivity contribution in [1.82, 2.24) is 5.32 Å². The first-order valence-electron chi connectivity index (χ1n) is 5.04. The minimum absolute atomic E-state index is 0.0581. The fraction of sp³-hybridized carbons (Fsp3) is 0.778. The highest BCUT2D eigenvalue weighted by Gasteiger charge is 2.19. The predicted octanol–water partition coefficient (Wildman–Crippen LogP) is 0.534. The first kappa shape index (κ1) is 15.0. The Morgan fingerprint density at radius 3 is 2.62 bits per heavy atom. The zero-order valence-corrected chi connectivity index (χ0v) is 9.70. The van der Waals surface area contributed by atoms with Crippen LogP contribution in [0, 0.1) is 0 Å². The standard InChI is InChI=1S/C9H17ClN2O4/c10-4-6-16-9(15)12-7(8(13)14)3-1-2-5-11/h7H,1-6,11H2,(H,12,15)(H,13,14). The molecule has 0 rings (SSSR count). The van der Waals surface area contributed by atoms with E-state index in [0.29, 0.717) is 19.4 Å². The molecule has 0 radical (unpaired) electrons. The molecule has 1 unspecified atom stereocenters. The smallest absolute Gasteiger partial charge is 0.407 e. The zero-order valence-electron chi connectivity index (χ0n) is 8.95. The average molecular weight is 253 g/mol. The van der Waals surface area contributed by atoms with Crippen molar-refractivity contribution in [3.63, 3.8) is 0 Å². The number of unbranched alkanes of at least 4 members (excludes halogenated alkanes) is 1. The van der Waals surface area contributed by atoms with Gasteiger partial charge < -0.3 is 20.9 Å². The van der Waals surface area contributed by atoms with Gasteiger partial charge in [-0.2, -0.15) is 0 Å². The van der Waals surface area contributed by atoms with Gasteiger partial charge in [0.15, 0.2) is 0 Å². The second kappa shape index (κ2) is 9.23. The van der Waals surface area contributed by atoms with Gasteiger partial charge in [-0.05, 0) is 25.8 Å². The summed E-state index contributed by atoms with van der Waals surface area (Å²) >= 11 is 5.31. The molecule has 0 heterocycles. The van der Waals surface area contributed by atoms with Gasteiger partial charge in [0.1, 0.15) is 12.6 Å². The highest BCUT2D eigenvalue weighted by Crippen LogP contribution is 2.01. The fourth-order valence-corrected chi connectivity index (χ4v) is 1.14. The van der Waals surface area contributed by atoms with Gasteiger partial charge in [0.2, 0.25) is 0 Å². The topological polar surface area (TPSA) is 102 Å². The molecular weight excluding hydrogens is 236 g/mol. The van der Waals surface area contributed by atoms with E-state index < -0.39 is 18.1 Å². The summed E-state index contributed by atoms with van der Waals surface area (Å²) in [6.45, 7) is 0.561. The van der Waals surface area contributed by atoms with Crippen LogP contribution in [0.25, 0.3) is 0 Å². The fourth-order valence-electron chi connectivity index (χ4n) is 1.07. The summed E-state index contributed by atoms with van der Waals surface area (Å²) in [4.78, 5) is 21.8. The van der Waals surface area contributed by atoms with Crippen molar-refractivity contribution in [3.8, 4) is 0 Å². The monoisotopic (exact) mass is 252 g/mol. The van der Waals surface area contributed by atoms with Gasteiger partial charge in [-0.25, -0.2) is 9.59 Å². The number of rotatable bonds is 8. The van der Waals surface area contributed by atoms with Crippen LogP contribution in [0.2, 0.25) is 0 Å². The molecule has 16 heavy (non-hydrogen) atoms. The molecule has 0 aromatic carbocycles. The highest BCUT2D eigenvalue weighted by atomic mass is 35.5. The van der Waals surface area contributed by atoms with E-state index in [1.165, 1.54) is 0 Å². The normalized spacial score (nSPS) is 11.9. The zero-order chi connectivity index (χ0) is 12.4. The number of carbonyl (C=O) groups is 2. The minimum Gasteiger partial charge on any atom is -0.480 e. The van der Waals surface area contributed by atoms with Crippen molar-refractivity contribution in [3.05, 3.63) is 0 Å². The van der Waals surface area contributed by atoms with Crippen LogP contribution in [0.15, 0.2) is 0 Å². The van der Waals surface area contributed by atoms with Crippen LogP contribution in [-0.2, 0) is 9.53 Å². The number of ether oxygens (including phenoxy) is 1. The molecule has 0 aliphatic rings. The van der Waals surface area contributed by atoms with E-state index in [1.807, 2.05) is 0 Å². The van der Waals surface area contributed by atoms with Crippen molar-refractivity contribution in [2.75, 3.05) is 19.0 Å². The number of aliphatic carboxylic acids is 1. The molecule has 0 aromatic rings. The number of carboxylic acids is 1. The molecule has 0 aliphatic carbocycles. The van der Waals surface area contributed by atoms with Gasteiger partial charge in [0.05, 0.1) is 5.88 Å². The maximum atomic E-state index is 11.1. The van der Waals surface area contributed by atoms with Crippen molar-refractivity contribution in [2.45, 2.75) is 25.3 Å². The molecule has 94 valence electrons. The number of nitrogens with two attached hydrogens (primary N) is 1. The highest BCUT2D eigenvalue weighted by molar-refractivity contribution is 6.18. The summed E-state index contributed by atoms with van der Waals surface area (Å²) in [7, 11) is 0. The van der Waals surface area contributed by atoms with Crippen LogP contribution in [0.1, 0.15) is 19.3 Å². The number of hydrogen-bond acceptors (Lipinski definition) is 4. The van der Waals surface area contributed by atoms with Crippen LogP contribution >= 0.6 is 11.6 Å². The van der Waals surface area contributed by atoms with Crippen molar-refractivity contribution >= 4 is 23.7 Å². The third kappa shape index (κ3) is 7.30. The van der Waals surface area contributed by atoms with Gasteiger partial charge in [-0.1, -0.05) is 0 Å². The van der Waals surface area contributed by atoms with E-state index in [-0.39, 0.29) is 12.5 Å². The molecule has 0 bridgehead atoms. The largest absolute Gasteiger partial charge is 0.480 e. The number of carboxylic acid groups (broad SMARTS) is 1. The maximum absolute atomic E-state index is 11.1. The van der Waals surface area contributed by atoms with E-state index in [1.54, 1.807) is 0 Å². The molecule has 0 fully saturated rings. The van der Waals surface area contributed by atoms with Gasteiger partial charge in [0.25, 0.3) is 0 Å². The Kier molecular flexibility index (Phi) is 8.65. The van der Waals surface area contributed by atoms with Crippen LogP contribution < -0.4 is 11.1 Å². The quantitative estimate of drug-likeness (QED) is 0.432. The molecule has 0 aromatic heterocycles. The van der Waals surface area contributed by atoms with Gasteiger partial charge in [0, 0.05) is 0 Å². The summed E-state index contributed by atoms with van der Waals surface area (Å²) < 4.78 is 4.61. The minimum atomic E-state index is -1.08. The Hall–Kier alpha value is -1.01. The van der Waals surface area contributed by atoms with E-state index in [2.05, 4.69) is 10.1 Å². The molecule has 0 saturated heterocycles. The molecule has 0 spiro atoms. The van der Waals surface area contributed by atoms with Crippen LogP contribution in [0.5, 0.6) is 0 Å². The summed E-state index contributed by atoms with van der Waals surface area (Å²) in [6, 6.07) is -0.936. The summed E-state index contributed by atoms with van der Waals surface area (Å²) in [6.07, 6.45) is 0.939. The van der Waals surface area contributed by atoms with E-state index >= 15 is 0 Å². The molecule has 4 N–H and O–H groups in total. The SMILES string of the molecule is NCCCCC(NC(=O)OCCCl)C(=O)O. The lowest BCUT2D eigenvalue weighted by atomic mass is 10.1. The van der Waals surface area contributed by atoms with Crippen molar-refractivity contribution in [2.24, 2.45) is 5.73 Å². The molecule has 6 nitrogen and oxygen atoms in total. The Morgan fingerprint density at radius 2 is 2.12 bits per heavy atom. The molecule has 1 atom stereocenters. The molecular formula is C9H17ClN2O4. The maximum Gasteiger partial charge on any atom is 0.407 e. The third-order valence-electron chi connectivity index (χ3n) is 1.85. The summed E-state index contributed by atoms with van der Waals surface area (Å²) in [5.74, 6) is -0.905. The Bertz CT molecular complexity index is 226. The Morgan fingerprint density at radius 1 is 1.44 bits per heavy atom. The number of halogens is 1. The number of alkyl halides is 1. The lowest BCUT2D eigenvalue weighted by molar-refractivity contribution is -0.139. The third-order valence-corrected chi connectivity index (χ3v) is 2.00. The van der Waals surface area contributed by atoms with E-state index in [0.717, 1.165) is 6.42 Å². The first-order valence-corrected chi connectivity index (χ1v) is 5.57. The van der Waals surface area contributed by atoms with Gasteiger partial charge in [-0.15, -0.1) is 11.6 Å². The second-order valence-electron chi connectivity index (χ2n) is 3.14. The number of hydrogen-bond donors (Lipinski definition) is 3. The van der Waals surface area contributed by atoms with Gasteiger partial charge in [-0.3, -0.25) is 0 Å². The number of amides is 1. The number of alkyl carbamates (subject to hydrolysis) is 1. The molecule has 0 aliphatic heterocycles. The van der Waals surface area contributed by atoms with Crippen LogP contribution in [-0.4, -0.2) is 42.2 Å². The van der Waals surface area contributed by atoms with Crippen molar-refractivity contribution in [1.29, 1.82) is 0 Å². The second-order valence-corrected chi connectivity index (χ2v) is 3.52. The van der Waals surface area contributed by atoms with Crippen LogP contribution in [0.4, 0.5) is 4.79 Å². The summed E-state index contributed by atoms with van der Waals surface area (Å²) in [5, 5.41) is 11.1. The number of nitrogens with one attached hydrogen (secondary N) is 1. The van der Waals surface area contributed by atoms with Gasteiger partial charge >= 0.3 is 12.1 Å². The predicted molar refractivity (Wildman–Crippen MR) is 59.5 cm³/mol. The van der Waals surface area contributed by atoms with Crippen LogP contribution in [0.3, 0.4) is 0 Å². The Balaban J connectivity index is 3.92. The van der Waals surface area contributed by atoms with Crippen molar-refractivity contribution < 1.29 is 19.4 Å². The summed E-state index contributed by atoms with van der Waals surface area (Å²) in [5.41, 5.74) is 5.28. The van der Waals surface area contributed by atoms with E-state index in [4.69, 9.17) is 22.4 Å². The molecule has 1 amide bonds. The van der Waals surface area contributed by atoms with E-state index in [9.17, 15) is 9.59 Å². The molecule has 7 heteroatoms. The lowest BCUT2D eigenvalue weighted by Gasteiger charge is -2.13. The lowest BCUT2D eigenvalue weighted by Crippen LogP contribution is -2.41.